The van der Waals surface area contributed by atoms with Crippen molar-refractivity contribution in [3.8, 4) is 5.19 Å². The van der Waals surface area contributed by atoms with Gasteiger partial charge in [0, 0.05) is 42.0 Å². The fourth-order valence-corrected chi connectivity index (χ4v) is 6.22. The number of nitrogens with one attached hydrogen (secondary N) is 1. The van der Waals surface area contributed by atoms with Crippen molar-refractivity contribution in [2.24, 2.45) is 5.92 Å². The average molecular weight is 499 g/mol. The summed E-state index contributed by atoms with van der Waals surface area (Å²) in [4.78, 5) is 25.7. The summed E-state index contributed by atoms with van der Waals surface area (Å²) in [6.07, 6.45) is 8.58. The molecular weight excluding hydrogens is 466 g/mol. The van der Waals surface area contributed by atoms with E-state index in [1.807, 2.05) is 13.1 Å². The molecule has 2 aromatic heterocycles. The Morgan fingerprint density at radius 1 is 1.30 bits per heavy atom. The Kier molecular flexibility index (Phi) is 7.96. The van der Waals surface area contributed by atoms with E-state index in [1.165, 1.54) is 11.3 Å². The molecule has 1 amide bonds. The summed E-state index contributed by atoms with van der Waals surface area (Å²) in [5.74, 6) is -2.09. The SMILES string of the molecule is Cc1cnc(CC(=O)NC2CCC(CCN3CCc4sc(OCC(C)(F)F)nc4C3)CC2)s1. The van der Waals surface area contributed by atoms with Gasteiger partial charge in [-0.1, -0.05) is 11.3 Å². The largest absolute Gasteiger partial charge is 0.464 e. The van der Waals surface area contributed by atoms with E-state index in [1.54, 1.807) is 11.3 Å². The zero-order chi connectivity index (χ0) is 23.4. The van der Waals surface area contributed by atoms with E-state index < -0.39 is 12.5 Å². The molecule has 1 saturated carbocycles. The summed E-state index contributed by atoms with van der Waals surface area (Å²) < 4.78 is 31.2. The van der Waals surface area contributed by atoms with Crippen molar-refractivity contribution < 1.29 is 18.3 Å². The number of rotatable bonds is 9. The van der Waals surface area contributed by atoms with Gasteiger partial charge in [0.25, 0.3) is 11.1 Å². The van der Waals surface area contributed by atoms with E-state index >= 15 is 0 Å². The van der Waals surface area contributed by atoms with Crippen molar-refractivity contribution in [2.45, 2.75) is 77.3 Å². The maximum atomic E-state index is 13.0. The van der Waals surface area contributed by atoms with Gasteiger partial charge in [-0.15, -0.1) is 11.3 Å². The predicted molar refractivity (Wildman–Crippen MR) is 126 cm³/mol. The van der Waals surface area contributed by atoms with Crippen molar-refractivity contribution in [3.63, 3.8) is 0 Å². The second-order valence-corrected chi connectivity index (χ2v) is 11.7. The van der Waals surface area contributed by atoms with Crippen molar-refractivity contribution >= 4 is 28.6 Å². The molecular formula is C23H32F2N4O2S2. The van der Waals surface area contributed by atoms with Gasteiger partial charge in [-0.05, 0) is 57.9 Å². The molecule has 0 unspecified atom stereocenters. The zero-order valence-electron chi connectivity index (χ0n) is 19.2. The quantitative estimate of drug-likeness (QED) is 0.547. The predicted octanol–water partition coefficient (Wildman–Crippen LogP) is 4.61. The van der Waals surface area contributed by atoms with E-state index in [-0.39, 0.29) is 11.9 Å². The summed E-state index contributed by atoms with van der Waals surface area (Å²) in [6.45, 7) is 4.98. The van der Waals surface area contributed by atoms with Crippen LogP contribution in [-0.2, 0) is 24.2 Å². The lowest BCUT2D eigenvalue weighted by Gasteiger charge is -2.32. The number of thiazole rings is 2. The summed E-state index contributed by atoms with van der Waals surface area (Å²) in [7, 11) is 0. The number of halogens is 2. The number of ether oxygens (including phenoxy) is 1. The Balaban J connectivity index is 1.15. The van der Waals surface area contributed by atoms with Crippen LogP contribution in [0.15, 0.2) is 6.20 Å². The van der Waals surface area contributed by atoms with Crippen LogP contribution in [0.3, 0.4) is 0 Å². The normalized spacial score (nSPS) is 21.6. The highest BCUT2D eigenvalue weighted by molar-refractivity contribution is 7.13. The third-order valence-corrected chi connectivity index (χ3v) is 8.27. The molecule has 0 atom stereocenters. The molecule has 2 aliphatic rings. The summed E-state index contributed by atoms with van der Waals surface area (Å²) >= 11 is 2.98. The molecule has 33 heavy (non-hydrogen) atoms. The molecule has 1 aliphatic heterocycles. The lowest BCUT2D eigenvalue weighted by atomic mass is 9.84. The van der Waals surface area contributed by atoms with Crippen molar-refractivity contribution in [3.05, 3.63) is 26.7 Å². The van der Waals surface area contributed by atoms with Gasteiger partial charge in [-0.2, -0.15) is 0 Å². The Labute approximate surface area is 201 Å². The molecule has 10 heteroatoms. The van der Waals surface area contributed by atoms with Crippen LogP contribution < -0.4 is 10.1 Å². The molecule has 4 rings (SSSR count). The number of fused-ring (bicyclic) bond motifs is 1. The molecule has 0 bridgehead atoms. The van der Waals surface area contributed by atoms with Gasteiger partial charge >= 0.3 is 0 Å². The van der Waals surface area contributed by atoms with Crippen LogP contribution in [0.25, 0.3) is 0 Å². The maximum Gasteiger partial charge on any atom is 0.278 e. The first-order valence-electron chi connectivity index (χ1n) is 11.7. The van der Waals surface area contributed by atoms with Crippen LogP contribution in [0.2, 0.25) is 0 Å². The average Bonchev–Trinajstić information content (AvgIpc) is 3.36. The fourth-order valence-electron chi connectivity index (χ4n) is 4.53. The molecule has 2 aromatic rings. The van der Waals surface area contributed by atoms with Crippen LogP contribution in [0, 0.1) is 12.8 Å². The molecule has 0 saturated heterocycles. The highest BCUT2D eigenvalue weighted by atomic mass is 32.1. The first-order valence-corrected chi connectivity index (χ1v) is 13.3. The number of nitrogens with zero attached hydrogens (tertiary/aromatic N) is 3. The number of amides is 1. The summed E-state index contributed by atoms with van der Waals surface area (Å²) in [5, 5.41) is 4.42. The molecule has 1 N–H and O–H groups in total. The van der Waals surface area contributed by atoms with Gasteiger partial charge in [-0.3, -0.25) is 9.69 Å². The molecule has 0 spiro atoms. The van der Waals surface area contributed by atoms with E-state index in [2.05, 4.69) is 20.2 Å². The second kappa shape index (κ2) is 10.7. The smallest absolute Gasteiger partial charge is 0.278 e. The van der Waals surface area contributed by atoms with Crippen LogP contribution in [0.4, 0.5) is 8.78 Å². The second-order valence-electron chi connectivity index (χ2n) is 9.35. The van der Waals surface area contributed by atoms with Gasteiger partial charge < -0.3 is 10.1 Å². The number of aromatic nitrogens is 2. The Hall–Kier alpha value is -1.65. The van der Waals surface area contributed by atoms with Crippen LogP contribution in [0.1, 0.15) is 59.5 Å². The molecule has 1 fully saturated rings. The first kappa shape index (κ1) is 24.5. The number of alkyl halides is 2. The third-order valence-electron chi connectivity index (χ3n) is 6.28. The van der Waals surface area contributed by atoms with Gasteiger partial charge in [0.1, 0.15) is 5.01 Å². The lowest BCUT2D eigenvalue weighted by Crippen LogP contribution is -2.39. The fraction of sp³-hybridized carbons (Fsp3) is 0.696. The van der Waals surface area contributed by atoms with E-state index in [0.717, 1.165) is 85.5 Å². The number of carbonyl (C=O) groups is 1. The number of hydrogen-bond acceptors (Lipinski definition) is 7. The van der Waals surface area contributed by atoms with Crippen LogP contribution in [0.5, 0.6) is 5.19 Å². The minimum atomic E-state index is -2.85. The first-order chi connectivity index (χ1) is 15.7. The van der Waals surface area contributed by atoms with Crippen LogP contribution in [-0.4, -0.2) is 52.4 Å². The van der Waals surface area contributed by atoms with Crippen molar-refractivity contribution in [1.82, 2.24) is 20.2 Å². The van der Waals surface area contributed by atoms with E-state index in [9.17, 15) is 13.6 Å². The van der Waals surface area contributed by atoms with Crippen molar-refractivity contribution in [2.75, 3.05) is 19.7 Å². The molecule has 3 heterocycles. The Bertz CT molecular complexity index is 935. The standard InChI is InChI=1S/C23H32F2N4O2S2/c1-15-12-26-21(32-15)11-20(30)27-17-5-3-16(4-6-17)7-9-29-10-8-19-18(13-29)28-22(33-19)31-14-23(2,24)25/h12,16-17H,3-11,13-14H2,1-2H3,(H,27,30). The van der Waals surface area contributed by atoms with Gasteiger partial charge in [0.15, 0.2) is 6.61 Å². The Morgan fingerprint density at radius 3 is 2.79 bits per heavy atom. The number of hydrogen-bond donors (Lipinski definition) is 1. The Morgan fingerprint density at radius 2 is 2.09 bits per heavy atom. The zero-order valence-corrected chi connectivity index (χ0v) is 20.9. The monoisotopic (exact) mass is 498 g/mol. The molecule has 1 aliphatic carbocycles. The molecule has 0 radical (unpaired) electrons. The molecule has 6 nitrogen and oxygen atoms in total. The van der Waals surface area contributed by atoms with Gasteiger partial charge in [0.2, 0.25) is 5.91 Å². The third kappa shape index (κ3) is 7.42. The lowest BCUT2D eigenvalue weighted by molar-refractivity contribution is -0.121. The van der Waals surface area contributed by atoms with Crippen molar-refractivity contribution in [1.29, 1.82) is 0 Å². The minimum Gasteiger partial charge on any atom is -0.464 e. The number of aryl methyl sites for hydroxylation is 1. The molecule has 182 valence electrons. The highest BCUT2D eigenvalue weighted by Crippen LogP contribution is 2.32. The van der Waals surface area contributed by atoms with Gasteiger partial charge in [0.05, 0.1) is 12.1 Å². The van der Waals surface area contributed by atoms with Gasteiger partial charge in [-0.25, -0.2) is 18.7 Å². The van der Waals surface area contributed by atoms with Crippen LogP contribution >= 0.6 is 22.7 Å². The summed E-state index contributed by atoms with van der Waals surface area (Å²) in [5.41, 5.74) is 0.975. The maximum absolute atomic E-state index is 13.0. The van der Waals surface area contributed by atoms with E-state index in [0.29, 0.717) is 17.5 Å². The van der Waals surface area contributed by atoms with E-state index in [4.69, 9.17) is 4.74 Å². The number of carbonyl (C=O) groups excluding carboxylic acids is 1. The molecule has 0 aromatic carbocycles. The topological polar surface area (TPSA) is 67.4 Å². The summed E-state index contributed by atoms with van der Waals surface area (Å²) in [6, 6.07) is 0.274. The minimum absolute atomic E-state index is 0.0752. The highest BCUT2D eigenvalue weighted by Gasteiger charge is 2.27.